The van der Waals surface area contributed by atoms with E-state index in [1.807, 2.05) is 0 Å². The van der Waals surface area contributed by atoms with E-state index in [1.54, 1.807) is 18.2 Å². The van der Waals surface area contributed by atoms with E-state index in [0.717, 1.165) is 0 Å². The number of amides is 3. The van der Waals surface area contributed by atoms with Gasteiger partial charge in [-0.2, -0.15) is 0 Å². The zero-order valence-electron chi connectivity index (χ0n) is 8.15. The van der Waals surface area contributed by atoms with Gasteiger partial charge < -0.3 is 14.8 Å². The highest BCUT2D eigenvalue weighted by Crippen LogP contribution is 2.34. The molecule has 0 spiro atoms. The van der Waals surface area contributed by atoms with Crippen molar-refractivity contribution in [3.63, 3.8) is 0 Å². The van der Waals surface area contributed by atoms with Crippen molar-refractivity contribution in [2.75, 3.05) is 6.79 Å². The Morgan fingerprint density at radius 1 is 1.19 bits per heavy atom. The van der Waals surface area contributed by atoms with E-state index in [4.69, 9.17) is 9.47 Å². The van der Waals surface area contributed by atoms with Crippen LogP contribution in [0.3, 0.4) is 0 Å². The zero-order chi connectivity index (χ0) is 11.1. The molecule has 1 saturated heterocycles. The summed E-state index contributed by atoms with van der Waals surface area (Å²) in [6.07, 6.45) is 0. The average Bonchev–Trinajstić information content (AvgIpc) is 2.83. The molecule has 3 rings (SSSR count). The number of benzene rings is 1. The third-order valence-electron chi connectivity index (χ3n) is 2.50. The number of ether oxygens (including phenoxy) is 2. The van der Waals surface area contributed by atoms with Crippen LogP contribution in [0.2, 0.25) is 0 Å². The SMILES string of the molecule is O=C1NC(=O)C(c2ccc3c(c2)OCO3)N1. The number of hydrogen-bond acceptors (Lipinski definition) is 4. The van der Waals surface area contributed by atoms with Gasteiger partial charge in [0.15, 0.2) is 11.5 Å². The molecule has 2 heterocycles. The Kier molecular flexibility index (Phi) is 1.76. The first kappa shape index (κ1) is 9.02. The molecule has 6 nitrogen and oxygen atoms in total. The van der Waals surface area contributed by atoms with Gasteiger partial charge in [0.2, 0.25) is 6.79 Å². The fourth-order valence-electron chi connectivity index (χ4n) is 1.74. The van der Waals surface area contributed by atoms with Gasteiger partial charge in [-0.3, -0.25) is 10.1 Å². The van der Waals surface area contributed by atoms with Crippen LogP contribution >= 0.6 is 0 Å². The fourth-order valence-corrected chi connectivity index (χ4v) is 1.74. The average molecular weight is 220 g/mol. The molecule has 3 amide bonds. The number of nitrogens with one attached hydrogen (secondary N) is 2. The largest absolute Gasteiger partial charge is 0.454 e. The zero-order valence-corrected chi connectivity index (χ0v) is 8.15. The van der Waals surface area contributed by atoms with E-state index >= 15 is 0 Å². The van der Waals surface area contributed by atoms with Crippen molar-refractivity contribution in [2.45, 2.75) is 6.04 Å². The first-order valence-electron chi connectivity index (χ1n) is 4.75. The van der Waals surface area contributed by atoms with E-state index in [-0.39, 0.29) is 12.7 Å². The van der Waals surface area contributed by atoms with E-state index in [2.05, 4.69) is 10.6 Å². The summed E-state index contributed by atoms with van der Waals surface area (Å²) in [6.45, 7) is 0.183. The molecule has 2 aliphatic rings. The molecule has 1 atom stereocenters. The maximum atomic E-state index is 11.4. The molecule has 2 N–H and O–H groups in total. The monoisotopic (exact) mass is 220 g/mol. The number of fused-ring (bicyclic) bond motifs is 1. The lowest BCUT2D eigenvalue weighted by molar-refractivity contribution is -0.120. The lowest BCUT2D eigenvalue weighted by Crippen LogP contribution is -2.22. The van der Waals surface area contributed by atoms with Gasteiger partial charge in [0.1, 0.15) is 6.04 Å². The molecule has 0 bridgehead atoms. The Balaban J connectivity index is 1.95. The normalized spacial score (nSPS) is 21.9. The number of rotatable bonds is 1. The van der Waals surface area contributed by atoms with E-state index in [9.17, 15) is 9.59 Å². The summed E-state index contributed by atoms with van der Waals surface area (Å²) in [5.74, 6) is 0.879. The molecule has 16 heavy (non-hydrogen) atoms. The first-order valence-corrected chi connectivity index (χ1v) is 4.75. The van der Waals surface area contributed by atoms with Crippen molar-refractivity contribution in [2.24, 2.45) is 0 Å². The number of carbonyl (C=O) groups excluding carboxylic acids is 2. The minimum atomic E-state index is -0.651. The van der Waals surface area contributed by atoms with Crippen molar-refractivity contribution in [3.05, 3.63) is 23.8 Å². The Morgan fingerprint density at radius 3 is 2.75 bits per heavy atom. The summed E-state index contributed by atoms with van der Waals surface area (Å²) < 4.78 is 10.3. The van der Waals surface area contributed by atoms with E-state index < -0.39 is 12.1 Å². The summed E-state index contributed by atoms with van der Waals surface area (Å²) in [6, 6.07) is 4.01. The Labute approximate surface area is 90.5 Å². The minimum absolute atomic E-state index is 0.183. The van der Waals surface area contributed by atoms with Crippen LogP contribution in [0.15, 0.2) is 18.2 Å². The molecule has 0 saturated carbocycles. The van der Waals surface area contributed by atoms with Crippen molar-refractivity contribution >= 4 is 11.9 Å². The quantitative estimate of drug-likeness (QED) is 0.667. The Morgan fingerprint density at radius 2 is 2.00 bits per heavy atom. The van der Waals surface area contributed by atoms with Crippen LogP contribution in [0, 0.1) is 0 Å². The maximum absolute atomic E-state index is 11.4. The maximum Gasteiger partial charge on any atom is 0.322 e. The molecule has 2 aliphatic heterocycles. The van der Waals surface area contributed by atoms with Gasteiger partial charge >= 0.3 is 6.03 Å². The third kappa shape index (κ3) is 1.27. The standard InChI is InChI=1S/C10H8N2O4/c13-9-8(11-10(14)12-9)5-1-2-6-7(3-5)16-4-15-6/h1-3,8H,4H2,(H2,11,12,13,14). The lowest BCUT2D eigenvalue weighted by atomic mass is 10.1. The second kappa shape index (κ2) is 3.13. The molecule has 1 unspecified atom stereocenters. The minimum Gasteiger partial charge on any atom is -0.454 e. The van der Waals surface area contributed by atoms with Gasteiger partial charge in [0.05, 0.1) is 0 Å². The highest BCUT2D eigenvalue weighted by molar-refractivity contribution is 6.04. The number of imide groups is 1. The van der Waals surface area contributed by atoms with Gasteiger partial charge in [0, 0.05) is 0 Å². The molecule has 1 aromatic rings. The predicted octanol–water partition coefficient (Wildman–Crippen LogP) is 0.296. The van der Waals surface area contributed by atoms with Crippen LogP contribution in [0.25, 0.3) is 0 Å². The molecule has 0 radical (unpaired) electrons. The lowest BCUT2D eigenvalue weighted by Gasteiger charge is -2.07. The Hall–Kier alpha value is -2.24. The van der Waals surface area contributed by atoms with E-state index in [0.29, 0.717) is 17.1 Å². The summed E-state index contributed by atoms with van der Waals surface area (Å²) in [7, 11) is 0. The third-order valence-corrected chi connectivity index (χ3v) is 2.50. The van der Waals surface area contributed by atoms with Crippen molar-refractivity contribution < 1.29 is 19.1 Å². The number of urea groups is 1. The highest BCUT2D eigenvalue weighted by Gasteiger charge is 2.31. The van der Waals surface area contributed by atoms with Crippen molar-refractivity contribution in [1.82, 2.24) is 10.6 Å². The van der Waals surface area contributed by atoms with Crippen LogP contribution in [0.1, 0.15) is 11.6 Å². The highest BCUT2D eigenvalue weighted by atomic mass is 16.7. The first-order chi connectivity index (χ1) is 7.74. The summed E-state index contributed by atoms with van der Waals surface area (Å²) >= 11 is 0. The smallest absolute Gasteiger partial charge is 0.322 e. The molecule has 1 fully saturated rings. The Bertz CT molecular complexity index is 486. The van der Waals surface area contributed by atoms with Crippen LogP contribution < -0.4 is 20.1 Å². The molecule has 0 aromatic heterocycles. The summed E-state index contributed by atoms with van der Waals surface area (Å²) in [5.41, 5.74) is 0.674. The molecule has 82 valence electrons. The van der Waals surface area contributed by atoms with Crippen molar-refractivity contribution in [3.8, 4) is 11.5 Å². The fraction of sp³-hybridized carbons (Fsp3) is 0.200. The van der Waals surface area contributed by atoms with Crippen LogP contribution in [0.4, 0.5) is 4.79 Å². The van der Waals surface area contributed by atoms with Crippen LogP contribution in [-0.2, 0) is 4.79 Å². The second-order valence-electron chi connectivity index (χ2n) is 3.51. The van der Waals surface area contributed by atoms with Gasteiger partial charge in [-0.1, -0.05) is 6.07 Å². The predicted molar refractivity (Wildman–Crippen MR) is 52.0 cm³/mol. The van der Waals surface area contributed by atoms with Crippen LogP contribution in [0.5, 0.6) is 11.5 Å². The van der Waals surface area contributed by atoms with Crippen molar-refractivity contribution in [1.29, 1.82) is 0 Å². The number of carbonyl (C=O) groups is 2. The van der Waals surface area contributed by atoms with Gasteiger partial charge in [-0.05, 0) is 17.7 Å². The van der Waals surface area contributed by atoms with Gasteiger partial charge in [-0.15, -0.1) is 0 Å². The van der Waals surface area contributed by atoms with Crippen LogP contribution in [-0.4, -0.2) is 18.7 Å². The second-order valence-corrected chi connectivity index (χ2v) is 3.51. The molecular formula is C10H8N2O4. The molecule has 0 aliphatic carbocycles. The molecule has 6 heteroatoms. The molecule has 1 aromatic carbocycles. The summed E-state index contributed by atoms with van der Waals surface area (Å²) in [4.78, 5) is 22.4. The van der Waals surface area contributed by atoms with E-state index in [1.165, 1.54) is 0 Å². The van der Waals surface area contributed by atoms with Gasteiger partial charge in [0.25, 0.3) is 5.91 Å². The topological polar surface area (TPSA) is 76.7 Å². The molecular weight excluding hydrogens is 212 g/mol. The number of hydrogen-bond donors (Lipinski definition) is 2. The summed E-state index contributed by atoms with van der Waals surface area (Å²) in [5, 5.41) is 4.69. The van der Waals surface area contributed by atoms with Gasteiger partial charge in [-0.25, -0.2) is 4.79 Å².